The molecule has 0 aromatic carbocycles. The van der Waals surface area contributed by atoms with Gasteiger partial charge in [-0.2, -0.15) is 0 Å². The summed E-state index contributed by atoms with van der Waals surface area (Å²) in [5, 5.41) is 12.1. The lowest BCUT2D eigenvalue weighted by Crippen LogP contribution is -2.62. The molecule has 0 radical (unpaired) electrons. The quantitative estimate of drug-likeness (QED) is 0.757. The topological polar surface area (TPSA) is 69.6 Å². The molecule has 0 unspecified atom stereocenters. The third-order valence-corrected chi connectivity index (χ3v) is 5.65. The van der Waals surface area contributed by atoms with Crippen molar-refractivity contribution in [1.82, 2.24) is 10.2 Å². The first kappa shape index (κ1) is 14.8. The molecule has 118 valence electrons. The lowest BCUT2D eigenvalue weighted by atomic mass is 9.53. The lowest BCUT2D eigenvalue weighted by molar-refractivity contribution is -0.149. The number of hydrogen-bond acceptors (Lipinski definition) is 3. The average molecular weight is 294 g/mol. The minimum Gasteiger partial charge on any atom is -0.395 e. The summed E-state index contributed by atoms with van der Waals surface area (Å²) >= 11 is 0. The van der Waals surface area contributed by atoms with E-state index in [2.05, 4.69) is 5.32 Å². The summed E-state index contributed by atoms with van der Waals surface area (Å²) in [6.45, 7) is 2.40. The zero-order chi connectivity index (χ0) is 15.0. The van der Waals surface area contributed by atoms with Crippen LogP contribution in [0.3, 0.4) is 0 Å². The lowest BCUT2D eigenvalue weighted by Gasteiger charge is -2.56. The highest BCUT2D eigenvalue weighted by atomic mass is 16.3. The monoisotopic (exact) mass is 294 g/mol. The highest BCUT2D eigenvalue weighted by molar-refractivity contribution is 6.35. The Morgan fingerprint density at radius 1 is 1.14 bits per heavy atom. The van der Waals surface area contributed by atoms with E-state index in [1.807, 2.05) is 6.92 Å². The van der Waals surface area contributed by atoms with Gasteiger partial charge in [0.25, 0.3) is 0 Å². The van der Waals surface area contributed by atoms with Gasteiger partial charge in [-0.25, -0.2) is 0 Å². The number of amides is 2. The zero-order valence-corrected chi connectivity index (χ0v) is 12.8. The van der Waals surface area contributed by atoms with Gasteiger partial charge >= 0.3 is 11.8 Å². The summed E-state index contributed by atoms with van der Waals surface area (Å²) in [4.78, 5) is 25.9. The number of aliphatic hydroxyl groups is 1. The maximum Gasteiger partial charge on any atom is 0.311 e. The summed E-state index contributed by atoms with van der Waals surface area (Å²) < 4.78 is 0. The fraction of sp³-hybridized carbons (Fsp3) is 0.875. The van der Waals surface area contributed by atoms with Crippen LogP contribution in [0.5, 0.6) is 0 Å². The third-order valence-electron chi connectivity index (χ3n) is 5.65. The molecule has 5 heteroatoms. The second kappa shape index (κ2) is 5.59. The predicted octanol–water partition coefficient (Wildman–Crippen LogP) is 0.912. The Balaban J connectivity index is 1.66. The second-order valence-electron chi connectivity index (χ2n) is 7.26. The van der Waals surface area contributed by atoms with Crippen molar-refractivity contribution >= 4 is 11.8 Å². The third kappa shape index (κ3) is 2.80. The highest BCUT2D eigenvalue weighted by Crippen LogP contribution is 2.55. The van der Waals surface area contributed by atoms with E-state index in [9.17, 15) is 9.59 Å². The SMILES string of the molecule is CCN(CCO)C(=O)C(=O)NC12CC3CC(CC(C3)C1)C2. The minimum atomic E-state index is -0.498. The summed E-state index contributed by atoms with van der Waals surface area (Å²) in [5.74, 6) is 1.25. The van der Waals surface area contributed by atoms with Gasteiger partial charge in [0, 0.05) is 18.6 Å². The van der Waals surface area contributed by atoms with E-state index >= 15 is 0 Å². The Bertz CT molecular complexity index is 400. The molecule has 0 aromatic heterocycles. The van der Waals surface area contributed by atoms with Crippen molar-refractivity contribution in [3.8, 4) is 0 Å². The van der Waals surface area contributed by atoms with Gasteiger partial charge in [-0.15, -0.1) is 0 Å². The van der Waals surface area contributed by atoms with Crippen LogP contribution in [0.25, 0.3) is 0 Å². The Kier molecular flexibility index (Phi) is 3.95. The molecule has 0 spiro atoms. The molecule has 2 N–H and O–H groups in total. The van der Waals surface area contributed by atoms with Gasteiger partial charge in [-0.3, -0.25) is 9.59 Å². The van der Waals surface area contributed by atoms with Crippen molar-refractivity contribution in [2.75, 3.05) is 19.7 Å². The first-order chi connectivity index (χ1) is 10.0. The maximum atomic E-state index is 12.3. The van der Waals surface area contributed by atoms with E-state index < -0.39 is 11.8 Å². The van der Waals surface area contributed by atoms with E-state index in [0.717, 1.165) is 37.0 Å². The molecule has 4 aliphatic carbocycles. The summed E-state index contributed by atoms with van der Waals surface area (Å²) in [6.07, 6.45) is 7.08. The Morgan fingerprint density at radius 2 is 1.67 bits per heavy atom. The van der Waals surface area contributed by atoms with Crippen LogP contribution in [0.1, 0.15) is 45.4 Å². The van der Waals surface area contributed by atoms with Crippen LogP contribution in [-0.2, 0) is 9.59 Å². The highest BCUT2D eigenvalue weighted by Gasteiger charge is 2.52. The van der Waals surface area contributed by atoms with Crippen LogP contribution in [0, 0.1) is 17.8 Å². The number of aliphatic hydroxyl groups excluding tert-OH is 1. The summed E-state index contributed by atoms with van der Waals surface area (Å²) in [7, 11) is 0. The van der Waals surface area contributed by atoms with Crippen LogP contribution in [0.2, 0.25) is 0 Å². The number of hydrogen-bond donors (Lipinski definition) is 2. The van der Waals surface area contributed by atoms with Crippen molar-refractivity contribution in [2.24, 2.45) is 17.8 Å². The van der Waals surface area contributed by atoms with Crippen LogP contribution < -0.4 is 5.32 Å². The number of likely N-dealkylation sites (N-methyl/N-ethyl adjacent to an activating group) is 1. The molecule has 4 aliphatic rings. The van der Waals surface area contributed by atoms with Crippen LogP contribution in [0.15, 0.2) is 0 Å². The second-order valence-corrected chi connectivity index (χ2v) is 7.26. The molecule has 21 heavy (non-hydrogen) atoms. The molecule has 4 fully saturated rings. The average Bonchev–Trinajstić information content (AvgIpc) is 2.42. The van der Waals surface area contributed by atoms with Gasteiger partial charge in [0.1, 0.15) is 0 Å². The smallest absolute Gasteiger partial charge is 0.311 e. The molecule has 0 atom stereocenters. The molecule has 4 saturated carbocycles. The number of carbonyl (C=O) groups is 2. The standard InChI is InChI=1S/C16H26N2O3/c1-2-18(3-4-19)15(21)14(20)17-16-8-11-5-12(9-16)7-13(6-11)10-16/h11-13,19H,2-10H2,1H3,(H,17,20). The van der Waals surface area contributed by atoms with Gasteiger partial charge in [-0.1, -0.05) is 0 Å². The summed E-state index contributed by atoms with van der Waals surface area (Å²) in [6, 6.07) is 0. The van der Waals surface area contributed by atoms with Crippen molar-refractivity contribution in [3.05, 3.63) is 0 Å². The van der Waals surface area contributed by atoms with Crippen molar-refractivity contribution in [1.29, 1.82) is 0 Å². The Labute approximate surface area is 126 Å². The van der Waals surface area contributed by atoms with Crippen molar-refractivity contribution in [2.45, 2.75) is 51.0 Å². The van der Waals surface area contributed by atoms with Crippen LogP contribution in [-0.4, -0.2) is 47.1 Å². The normalized spacial score (nSPS) is 36.6. The van der Waals surface area contributed by atoms with E-state index in [1.165, 1.54) is 24.2 Å². The molecule has 0 saturated heterocycles. The number of nitrogens with zero attached hydrogens (tertiary/aromatic N) is 1. The van der Waals surface area contributed by atoms with Gasteiger partial charge in [0.15, 0.2) is 0 Å². The number of nitrogens with one attached hydrogen (secondary N) is 1. The van der Waals surface area contributed by atoms with E-state index in [4.69, 9.17) is 5.11 Å². The fourth-order valence-electron chi connectivity index (χ4n) is 5.23. The first-order valence-corrected chi connectivity index (χ1v) is 8.27. The molecule has 0 aliphatic heterocycles. The predicted molar refractivity (Wildman–Crippen MR) is 78.4 cm³/mol. The minimum absolute atomic E-state index is 0.107. The molecule has 0 heterocycles. The molecular formula is C16H26N2O3. The molecular weight excluding hydrogens is 268 g/mol. The summed E-state index contributed by atoms with van der Waals surface area (Å²) in [5.41, 5.74) is -0.125. The van der Waals surface area contributed by atoms with Crippen LogP contribution in [0.4, 0.5) is 0 Å². The first-order valence-electron chi connectivity index (χ1n) is 8.27. The number of rotatable bonds is 4. The largest absolute Gasteiger partial charge is 0.395 e. The van der Waals surface area contributed by atoms with Crippen molar-refractivity contribution in [3.63, 3.8) is 0 Å². The molecule has 2 amide bonds. The molecule has 4 rings (SSSR count). The Morgan fingerprint density at radius 3 is 2.10 bits per heavy atom. The van der Waals surface area contributed by atoms with Gasteiger partial charge < -0.3 is 15.3 Å². The van der Waals surface area contributed by atoms with E-state index in [0.29, 0.717) is 6.54 Å². The number of carbonyl (C=O) groups excluding carboxylic acids is 2. The van der Waals surface area contributed by atoms with Gasteiger partial charge in [0.05, 0.1) is 6.61 Å². The Hall–Kier alpha value is -1.10. The zero-order valence-electron chi connectivity index (χ0n) is 12.8. The molecule has 4 bridgehead atoms. The molecule has 0 aromatic rings. The maximum absolute atomic E-state index is 12.3. The van der Waals surface area contributed by atoms with E-state index in [1.54, 1.807) is 0 Å². The van der Waals surface area contributed by atoms with Gasteiger partial charge in [-0.05, 0) is 63.2 Å². The van der Waals surface area contributed by atoms with Crippen LogP contribution >= 0.6 is 0 Å². The fourth-order valence-corrected chi connectivity index (χ4v) is 5.23. The molecule has 5 nitrogen and oxygen atoms in total. The van der Waals surface area contributed by atoms with Gasteiger partial charge in [0.2, 0.25) is 0 Å². The van der Waals surface area contributed by atoms with E-state index in [-0.39, 0.29) is 18.7 Å². The van der Waals surface area contributed by atoms with Crippen molar-refractivity contribution < 1.29 is 14.7 Å².